The molecule has 17 heavy (non-hydrogen) atoms. The molecule has 3 nitrogen and oxygen atoms in total. The highest BCUT2D eigenvalue weighted by Gasteiger charge is 2.15. The first-order chi connectivity index (χ1) is 8.12. The lowest BCUT2D eigenvalue weighted by Gasteiger charge is -2.15. The minimum Gasteiger partial charge on any atom is -0.496 e. The highest BCUT2D eigenvalue weighted by Crippen LogP contribution is 2.19. The molecule has 1 amide bonds. The van der Waals surface area contributed by atoms with E-state index in [-0.39, 0.29) is 11.9 Å². The lowest BCUT2D eigenvalue weighted by molar-refractivity contribution is 0.0937. The van der Waals surface area contributed by atoms with Crippen LogP contribution in [0.25, 0.3) is 0 Å². The molecule has 0 aliphatic heterocycles. The number of rotatable bonds is 5. The van der Waals surface area contributed by atoms with Crippen molar-refractivity contribution >= 4 is 21.8 Å². The number of halogens is 1. The summed E-state index contributed by atoms with van der Waals surface area (Å²) in [5.41, 5.74) is 1.63. The molecule has 1 rings (SSSR count). The fourth-order valence-electron chi connectivity index (χ4n) is 1.51. The molecule has 0 heterocycles. The second kappa shape index (κ2) is 6.64. The Bertz CT molecular complexity index is 389. The molecule has 0 aromatic heterocycles. The second-order valence-corrected chi connectivity index (χ2v) is 4.58. The molecular weight excluding hydrogens is 282 g/mol. The third kappa shape index (κ3) is 3.73. The first kappa shape index (κ1) is 14.0. The largest absolute Gasteiger partial charge is 0.496 e. The van der Waals surface area contributed by atoms with Crippen molar-refractivity contribution in [1.29, 1.82) is 0 Å². The van der Waals surface area contributed by atoms with Gasteiger partial charge < -0.3 is 10.1 Å². The molecule has 1 N–H and O–H groups in total. The minimum absolute atomic E-state index is 0.0862. The van der Waals surface area contributed by atoms with Crippen LogP contribution in [-0.4, -0.2) is 24.4 Å². The van der Waals surface area contributed by atoms with E-state index in [1.165, 1.54) is 0 Å². The van der Waals surface area contributed by atoms with E-state index < -0.39 is 0 Å². The summed E-state index contributed by atoms with van der Waals surface area (Å²) in [6.45, 7) is 4.00. The Balaban J connectivity index is 2.90. The molecule has 1 unspecified atom stereocenters. The second-order valence-electron chi connectivity index (χ2n) is 3.94. The SMILES string of the molecule is CCC(CBr)NC(=O)c1cc(C)ccc1OC. The number of amides is 1. The number of hydrogen-bond acceptors (Lipinski definition) is 2. The monoisotopic (exact) mass is 299 g/mol. The maximum absolute atomic E-state index is 12.1. The van der Waals surface area contributed by atoms with Crippen LogP contribution in [0.4, 0.5) is 0 Å². The summed E-state index contributed by atoms with van der Waals surface area (Å²) in [5, 5.41) is 3.72. The third-order valence-corrected chi connectivity index (χ3v) is 3.40. The summed E-state index contributed by atoms with van der Waals surface area (Å²) in [5.74, 6) is 0.523. The highest BCUT2D eigenvalue weighted by molar-refractivity contribution is 9.09. The van der Waals surface area contributed by atoms with Gasteiger partial charge in [0.25, 0.3) is 5.91 Å². The van der Waals surface area contributed by atoms with Gasteiger partial charge in [-0.3, -0.25) is 4.79 Å². The number of nitrogens with one attached hydrogen (secondary N) is 1. The van der Waals surface area contributed by atoms with Gasteiger partial charge >= 0.3 is 0 Å². The van der Waals surface area contributed by atoms with Gasteiger partial charge in [0.15, 0.2) is 0 Å². The van der Waals surface area contributed by atoms with E-state index in [1.807, 2.05) is 32.0 Å². The lowest BCUT2D eigenvalue weighted by Crippen LogP contribution is -2.35. The van der Waals surface area contributed by atoms with E-state index in [0.29, 0.717) is 11.3 Å². The van der Waals surface area contributed by atoms with Crippen LogP contribution in [-0.2, 0) is 0 Å². The topological polar surface area (TPSA) is 38.3 Å². The van der Waals surface area contributed by atoms with Crippen LogP contribution >= 0.6 is 15.9 Å². The van der Waals surface area contributed by atoms with Gasteiger partial charge in [-0.25, -0.2) is 0 Å². The van der Waals surface area contributed by atoms with Crippen LogP contribution in [0.3, 0.4) is 0 Å². The summed E-state index contributed by atoms with van der Waals surface area (Å²) < 4.78 is 5.20. The molecular formula is C13H18BrNO2. The van der Waals surface area contributed by atoms with E-state index >= 15 is 0 Å². The number of alkyl halides is 1. The summed E-state index contributed by atoms with van der Waals surface area (Å²) in [6.07, 6.45) is 0.894. The smallest absolute Gasteiger partial charge is 0.255 e. The van der Waals surface area contributed by atoms with Crippen molar-refractivity contribution in [1.82, 2.24) is 5.32 Å². The number of hydrogen-bond donors (Lipinski definition) is 1. The molecule has 4 heteroatoms. The van der Waals surface area contributed by atoms with Gasteiger partial charge in [0, 0.05) is 11.4 Å². The van der Waals surface area contributed by atoms with E-state index in [1.54, 1.807) is 7.11 Å². The van der Waals surface area contributed by atoms with Crippen molar-refractivity contribution in [3.8, 4) is 5.75 Å². The zero-order valence-electron chi connectivity index (χ0n) is 10.4. The van der Waals surface area contributed by atoms with Crippen LogP contribution in [0, 0.1) is 6.92 Å². The molecule has 1 atom stereocenters. The summed E-state index contributed by atoms with van der Waals surface area (Å²) >= 11 is 3.38. The van der Waals surface area contributed by atoms with Crippen molar-refractivity contribution in [3.63, 3.8) is 0 Å². The van der Waals surface area contributed by atoms with Crippen molar-refractivity contribution < 1.29 is 9.53 Å². The molecule has 94 valence electrons. The molecule has 0 aliphatic carbocycles. The molecule has 0 spiro atoms. The first-order valence-electron chi connectivity index (χ1n) is 5.63. The molecule has 0 aliphatic rings. The van der Waals surface area contributed by atoms with Gasteiger partial charge in [0.05, 0.1) is 12.7 Å². The normalized spacial score (nSPS) is 12.0. The van der Waals surface area contributed by atoms with Crippen LogP contribution < -0.4 is 10.1 Å². The molecule has 0 fully saturated rings. The van der Waals surface area contributed by atoms with Gasteiger partial charge in [-0.1, -0.05) is 34.5 Å². The van der Waals surface area contributed by atoms with Gasteiger partial charge in [-0.05, 0) is 25.5 Å². The average Bonchev–Trinajstić information content (AvgIpc) is 2.35. The lowest BCUT2D eigenvalue weighted by atomic mass is 10.1. The maximum Gasteiger partial charge on any atom is 0.255 e. The Kier molecular flexibility index (Phi) is 5.48. The maximum atomic E-state index is 12.1. The number of carbonyl (C=O) groups is 1. The van der Waals surface area contributed by atoms with Crippen molar-refractivity contribution in [2.24, 2.45) is 0 Å². The summed E-state index contributed by atoms with van der Waals surface area (Å²) in [6, 6.07) is 5.74. The van der Waals surface area contributed by atoms with Crippen molar-refractivity contribution in [2.45, 2.75) is 26.3 Å². The van der Waals surface area contributed by atoms with E-state index in [9.17, 15) is 4.79 Å². The number of ether oxygens (including phenoxy) is 1. The van der Waals surface area contributed by atoms with E-state index in [2.05, 4.69) is 21.2 Å². The molecule has 0 saturated carbocycles. The molecule has 0 saturated heterocycles. The van der Waals surface area contributed by atoms with Gasteiger partial charge in [0.2, 0.25) is 0 Å². The first-order valence-corrected chi connectivity index (χ1v) is 6.76. The number of methoxy groups -OCH3 is 1. The third-order valence-electron chi connectivity index (χ3n) is 2.61. The van der Waals surface area contributed by atoms with Crippen molar-refractivity contribution in [2.75, 3.05) is 12.4 Å². The minimum atomic E-state index is -0.0862. The Hall–Kier alpha value is -1.03. The fraction of sp³-hybridized carbons (Fsp3) is 0.462. The summed E-state index contributed by atoms with van der Waals surface area (Å²) in [7, 11) is 1.57. The standard InChI is InChI=1S/C13H18BrNO2/c1-4-10(8-14)15-13(16)11-7-9(2)5-6-12(11)17-3/h5-7,10H,4,8H2,1-3H3,(H,15,16). The quantitative estimate of drug-likeness (QED) is 0.849. The number of aryl methyl sites for hydroxylation is 1. The van der Waals surface area contributed by atoms with Crippen molar-refractivity contribution in [3.05, 3.63) is 29.3 Å². The predicted molar refractivity (Wildman–Crippen MR) is 73.1 cm³/mol. The van der Waals surface area contributed by atoms with Gasteiger partial charge in [-0.2, -0.15) is 0 Å². The Morgan fingerprint density at radius 1 is 1.53 bits per heavy atom. The summed E-state index contributed by atoms with van der Waals surface area (Å²) in [4.78, 5) is 12.1. The van der Waals surface area contributed by atoms with E-state index in [0.717, 1.165) is 17.3 Å². The van der Waals surface area contributed by atoms with Crippen LogP contribution in [0.2, 0.25) is 0 Å². The number of carbonyl (C=O) groups excluding carboxylic acids is 1. The highest BCUT2D eigenvalue weighted by atomic mass is 79.9. The zero-order chi connectivity index (χ0) is 12.8. The van der Waals surface area contributed by atoms with Crippen LogP contribution in [0.1, 0.15) is 29.3 Å². The van der Waals surface area contributed by atoms with Crippen LogP contribution in [0.15, 0.2) is 18.2 Å². The molecule has 0 radical (unpaired) electrons. The average molecular weight is 300 g/mol. The Morgan fingerprint density at radius 2 is 2.24 bits per heavy atom. The Morgan fingerprint density at radius 3 is 2.76 bits per heavy atom. The van der Waals surface area contributed by atoms with Gasteiger partial charge in [0.1, 0.15) is 5.75 Å². The molecule has 1 aromatic carbocycles. The number of benzene rings is 1. The molecule has 0 bridgehead atoms. The van der Waals surface area contributed by atoms with E-state index in [4.69, 9.17) is 4.74 Å². The zero-order valence-corrected chi connectivity index (χ0v) is 12.0. The van der Waals surface area contributed by atoms with Gasteiger partial charge in [-0.15, -0.1) is 0 Å². The van der Waals surface area contributed by atoms with Crippen LogP contribution in [0.5, 0.6) is 5.75 Å². The Labute approximate surface area is 111 Å². The molecule has 1 aromatic rings. The fourth-order valence-corrected chi connectivity index (χ4v) is 2.13. The predicted octanol–water partition coefficient (Wildman–Crippen LogP) is 2.91.